The Morgan fingerprint density at radius 2 is 2.04 bits per heavy atom. The number of ether oxygens (including phenoxy) is 1. The van der Waals surface area contributed by atoms with E-state index in [2.05, 4.69) is 15.2 Å². The summed E-state index contributed by atoms with van der Waals surface area (Å²) in [5, 5.41) is 3.67. The highest BCUT2D eigenvalue weighted by Gasteiger charge is 2.38. The number of carbonyl (C=O) groups is 1. The lowest BCUT2D eigenvalue weighted by atomic mass is 9.99. The number of benzene rings is 1. The Bertz CT molecular complexity index is 750. The zero-order chi connectivity index (χ0) is 16.5. The molecule has 1 aromatic carbocycles. The van der Waals surface area contributed by atoms with Crippen molar-refractivity contribution >= 4 is 17.5 Å². The molecule has 1 N–H and O–H groups in total. The molecule has 3 unspecified atom stereocenters. The lowest BCUT2D eigenvalue weighted by Gasteiger charge is -2.23. The molecule has 1 amide bonds. The van der Waals surface area contributed by atoms with Gasteiger partial charge >= 0.3 is 0 Å². The maximum Gasteiger partial charge on any atom is 0.251 e. The van der Waals surface area contributed by atoms with Gasteiger partial charge in [0.2, 0.25) is 0 Å². The van der Waals surface area contributed by atoms with Crippen molar-refractivity contribution in [3.63, 3.8) is 0 Å². The van der Waals surface area contributed by atoms with Crippen LogP contribution in [0.25, 0.3) is 0 Å². The average Bonchev–Trinajstić information content (AvgIpc) is 3.18. The fourth-order valence-electron chi connectivity index (χ4n) is 3.46. The van der Waals surface area contributed by atoms with E-state index >= 15 is 0 Å². The molecule has 0 spiro atoms. The predicted octanol–water partition coefficient (Wildman–Crippen LogP) is 2.96. The number of aromatic nitrogens is 1. The van der Waals surface area contributed by atoms with E-state index in [0.29, 0.717) is 28.0 Å². The summed E-state index contributed by atoms with van der Waals surface area (Å²) in [6, 6.07) is 9.08. The van der Waals surface area contributed by atoms with Crippen LogP contribution in [0, 0.1) is 5.92 Å². The van der Waals surface area contributed by atoms with Gasteiger partial charge in [0.05, 0.1) is 11.2 Å². The molecule has 2 saturated heterocycles. The summed E-state index contributed by atoms with van der Waals surface area (Å²) in [7, 11) is 0. The minimum atomic E-state index is -0.0234. The molecule has 24 heavy (non-hydrogen) atoms. The third kappa shape index (κ3) is 3.23. The van der Waals surface area contributed by atoms with Gasteiger partial charge in [0.25, 0.3) is 5.91 Å². The van der Waals surface area contributed by atoms with Crippen molar-refractivity contribution in [3.05, 3.63) is 53.3 Å². The highest BCUT2D eigenvalue weighted by molar-refractivity contribution is 6.30. The molecule has 1 aromatic heterocycles. The zero-order valence-corrected chi connectivity index (χ0v) is 13.9. The molecule has 2 aliphatic heterocycles. The van der Waals surface area contributed by atoms with E-state index in [4.69, 9.17) is 16.3 Å². The van der Waals surface area contributed by atoms with E-state index in [1.54, 1.807) is 42.7 Å². The summed E-state index contributed by atoms with van der Waals surface area (Å²) in [5.74, 6) is 1.79. The van der Waals surface area contributed by atoms with E-state index in [1.165, 1.54) is 13.0 Å². The molecule has 124 valence electrons. The maximum atomic E-state index is 12.4. The first-order valence-corrected chi connectivity index (χ1v) is 8.47. The van der Waals surface area contributed by atoms with E-state index < -0.39 is 0 Å². The predicted molar refractivity (Wildman–Crippen MR) is 91.6 cm³/mol. The van der Waals surface area contributed by atoms with Crippen LogP contribution in [-0.2, 0) is 0 Å². The minimum absolute atomic E-state index is 0.0234. The van der Waals surface area contributed by atoms with Crippen LogP contribution in [0.5, 0.6) is 11.5 Å². The minimum Gasteiger partial charge on any atom is -0.456 e. The third-order valence-electron chi connectivity index (χ3n) is 4.68. The Kier molecular flexibility index (Phi) is 4.12. The van der Waals surface area contributed by atoms with Gasteiger partial charge in [-0.15, -0.1) is 0 Å². The highest BCUT2D eigenvalue weighted by Crippen LogP contribution is 2.28. The molecule has 4 rings (SSSR count). The molecule has 0 saturated carbocycles. The van der Waals surface area contributed by atoms with Gasteiger partial charge in [-0.1, -0.05) is 11.6 Å². The van der Waals surface area contributed by atoms with Gasteiger partial charge in [0.15, 0.2) is 0 Å². The van der Waals surface area contributed by atoms with Gasteiger partial charge < -0.3 is 15.0 Å². The number of nitrogens with one attached hydrogen (secondary N) is 1. The molecule has 0 aliphatic carbocycles. The van der Waals surface area contributed by atoms with Gasteiger partial charge in [0.1, 0.15) is 11.5 Å². The second-order valence-electron chi connectivity index (χ2n) is 6.35. The van der Waals surface area contributed by atoms with Crippen molar-refractivity contribution < 1.29 is 9.53 Å². The van der Waals surface area contributed by atoms with Crippen molar-refractivity contribution in [2.75, 3.05) is 19.6 Å². The Morgan fingerprint density at radius 1 is 1.21 bits per heavy atom. The average molecular weight is 344 g/mol. The van der Waals surface area contributed by atoms with Crippen molar-refractivity contribution in [2.45, 2.75) is 12.5 Å². The number of pyridine rings is 1. The summed E-state index contributed by atoms with van der Waals surface area (Å²) in [5.41, 5.74) is 0.643. The summed E-state index contributed by atoms with van der Waals surface area (Å²) in [6.45, 7) is 3.26. The molecule has 6 heteroatoms. The van der Waals surface area contributed by atoms with Crippen molar-refractivity contribution in [3.8, 4) is 11.5 Å². The topological polar surface area (TPSA) is 54.5 Å². The molecule has 5 nitrogen and oxygen atoms in total. The largest absolute Gasteiger partial charge is 0.456 e. The number of hydrogen-bond donors (Lipinski definition) is 1. The van der Waals surface area contributed by atoms with Crippen LogP contribution in [0.3, 0.4) is 0 Å². The summed E-state index contributed by atoms with van der Waals surface area (Å²) < 4.78 is 5.68. The Labute approximate surface area is 145 Å². The van der Waals surface area contributed by atoms with E-state index in [9.17, 15) is 4.79 Å². The van der Waals surface area contributed by atoms with E-state index in [0.717, 1.165) is 13.1 Å². The zero-order valence-electron chi connectivity index (χ0n) is 13.1. The molecule has 2 aliphatic rings. The van der Waals surface area contributed by atoms with Crippen LogP contribution in [0.4, 0.5) is 0 Å². The second kappa shape index (κ2) is 6.42. The van der Waals surface area contributed by atoms with Crippen molar-refractivity contribution in [2.24, 2.45) is 5.92 Å². The fraction of sp³-hybridized carbons (Fsp3) is 0.333. The van der Waals surface area contributed by atoms with Crippen LogP contribution < -0.4 is 10.1 Å². The first-order valence-electron chi connectivity index (χ1n) is 8.09. The standard InChI is InChI=1S/C18H18ClN3O2/c19-14-7-16(9-20-8-14)24-15-3-1-12(2-4-15)18(23)21-17-11-22-6-5-13(17)10-22/h1-4,7-9,13,17H,5-6,10-11H2,(H,21,23). The smallest absolute Gasteiger partial charge is 0.251 e. The van der Waals surface area contributed by atoms with Crippen LogP contribution >= 0.6 is 11.6 Å². The van der Waals surface area contributed by atoms with Crippen molar-refractivity contribution in [1.29, 1.82) is 0 Å². The Morgan fingerprint density at radius 3 is 2.71 bits per heavy atom. The first kappa shape index (κ1) is 15.4. The number of hydrogen-bond acceptors (Lipinski definition) is 4. The second-order valence-corrected chi connectivity index (χ2v) is 6.79. The number of fused-ring (bicyclic) bond motifs is 2. The highest BCUT2D eigenvalue weighted by atomic mass is 35.5. The van der Waals surface area contributed by atoms with Crippen LogP contribution in [0.2, 0.25) is 5.02 Å². The van der Waals surface area contributed by atoms with Gasteiger partial charge in [-0.25, -0.2) is 0 Å². The number of rotatable bonds is 4. The van der Waals surface area contributed by atoms with Crippen LogP contribution in [0.15, 0.2) is 42.7 Å². The fourth-order valence-corrected chi connectivity index (χ4v) is 3.62. The first-order chi connectivity index (χ1) is 11.7. The number of piperidine rings is 1. The third-order valence-corrected chi connectivity index (χ3v) is 4.89. The Balaban J connectivity index is 1.39. The van der Waals surface area contributed by atoms with Gasteiger partial charge in [-0.3, -0.25) is 9.78 Å². The quantitative estimate of drug-likeness (QED) is 0.927. The number of carbonyl (C=O) groups excluding carboxylic acids is 1. The molecule has 2 fully saturated rings. The van der Waals surface area contributed by atoms with E-state index in [-0.39, 0.29) is 11.9 Å². The van der Waals surface area contributed by atoms with Crippen molar-refractivity contribution in [1.82, 2.24) is 15.2 Å². The van der Waals surface area contributed by atoms with E-state index in [1.807, 2.05) is 0 Å². The number of amides is 1. The number of halogens is 1. The van der Waals surface area contributed by atoms with Gasteiger partial charge in [-0.2, -0.15) is 0 Å². The summed E-state index contributed by atoms with van der Waals surface area (Å²) >= 11 is 5.89. The normalized spacial score (nSPS) is 24.8. The molecule has 2 bridgehead atoms. The SMILES string of the molecule is O=C(NC1CN2CCC1C2)c1ccc(Oc2cncc(Cl)c2)cc1. The monoisotopic (exact) mass is 343 g/mol. The molecule has 3 heterocycles. The molecule has 3 atom stereocenters. The lowest BCUT2D eigenvalue weighted by molar-refractivity contribution is 0.0924. The van der Waals surface area contributed by atoms with Gasteiger partial charge in [0, 0.05) is 37.0 Å². The van der Waals surface area contributed by atoms with Gasteiger partial charge in [-0.05, 0) is 43.1 Å². The summed E-state index contributed by atoms with van der Waals surface area (Å²) in [4.78, 5) is 18.8. The van der Waals surface area contributed by atoms with Crippen LogP contribution in [-0.4, -0.2) is 41.5 Å². The molecular formula is C18H18ClN3O2. The van der Waals surface area contributed by atoms with Crippen LogP contribution in [0.1, 0.15) is 16.8 Å². The Hall–Kier alpha value is -2.11. The summed E-state index contributed by atoms with van der Waals surface area (Å²) in [6.07, 6.45) is 4.33. The lowest BCUT2D eigenvalue weighted by Crippen LogP contribution is -2.43. The molecule has 0 radical (unpaired) electrons. The molecular weight excluding hydrogens is 326 g/mol. The number of nitrogens with zero attached hydrogens (tertiary/aromatic N) is 2. The maximum absolute atomic E-state index is 12.4. The molecule has 2 aromatic rings.